The van der Waals surface area contributed by atoms with Gasteiger partial charge in [0.1, 0.15) is 5.75 Å². The molecule has 2 aliphatic rings. The second-order valence-corrected chi connectivity index (χ2v) is 9.83. The first kappa shape index (κ1) is 22.1. The molecular weight excluding hydrogens is 390 g/mol. The highest BCUT2D eigenvalue weighted by atomic mass is 32.2. The van der Waals surface area contributed by atoms with Gasteiger partial charge < -0.3 is 9.64 Å². The predicted octanol–water partition coefficient (Wildman–Crippen LogP) is 2.09. The maximum absolute atomic E-state index is 12.7. The van der Waals surface area contributed by atoms with Crippen LogP contribution >= 0.6 is 0 Å². The van der Waals surface area contributed by atoms with Crippen molar-refractivity contribution in [3.8, 4) is 5.75 Å². The summed E-state index contributed by atoms with van der Waals surface area (Å²) in [7, 11) is -2.02. The van der Waals surface area contributed by atoms with E-state index in [0.29, 0.717) is 25.4 Å². The van der Waals surface area contributed by atoms with E-state index in [0.717, 1.165) is 32.5 Å². The van der Waals surface area contributed by atoms with Gasteiger partial charge in [0.2, 0.25) is 15.9 Å². The van der Waals surface area contributed by atoms with Gasteiger partial charge in [-0.3, -0.25) is 9.69 Å². The molecule has 2 saturated heterocycles. The van der Waals surface area contributed by atoms with Crippen LogP contribution in [0.4, 0.5) is 0 Å². The number of hydrogen-bond acceptors (Lipinski definition) is 5. The zero-order valence-corrected chi connectivity index (χ0v) is 18.1. The van der Waals surface area contributed by atoms with Gasteiger partial charge in [-0.2, -0.15) is 0 Å². The summed E-state index contributed by atoms with van der Waals surface area (Å²) in [6.45, 7) is 4.24. The largest absolute Gasteiger partial charge is 0.497 e. The normalized spacial score (nSPS) is 21.6. The van der Waals surface area contributed by atoms with Gasteiger partial charge in [-0.25, -0.2) is 13.1 Å². The Bertz CT molecular complexity index is 759. The number of sulfonamides is 1. The SMILES string of the molecule is COc1ccc(S(=O)(=O)NCC2CCCN(C(=O)CN3CCCCCC3)C2)cc1. The average molecular weight is 424 g/mol. The third-order valence-electron chi connectivity index (χ3n) is 5.86. The maximum Gasteiger partial charge on any atom is 0.240 e. The van der Waals surface area contributed by atoms with Crippen molar-refractivity contribution in [1.82, 2.24) is 14.5 Å². The van der Waals surface area contributed by atoms with Gasteiger partial charge in [0.05, 0.1) is 18.6 Å². The number of piperidine rings is 1. The fourth-order valence-corrected chi connectivity index (χ4v) is 5.23. The molecule has 8 heteroatoms. The van der Waals surface area contributed by atoms with E-state index in [2.05, 4.69) is 9.62 Å². The Hall–Kier alpha value is -1.64. The first-order valence-corrected chi connectivity index (χ1v) is 12.1. The fraction of sp³-hybridized carbons (Fsp3) is 0.667. The van der Waals surface area contributed by atoms with Gasteiger partial charge in [0, 0.05) is 19.6 Å². The Labute approximate surface area is 174 Å². The minimum absolute atomic E-state index is 0.143. The van der Waals surface area contributed by atoms with Crippen molar-refractivity contribution >= 4 is 15.9 Å². The highest BCUT2D eigenvalue weighted by Crippen LogP contribution is 2.19. The number of amides is 1. The molecule has 1 aromatic rings. The van der Waals surface area contributed by atoms with Crippen LogP contribution in [-0.2, 0) is 14.8 Å². The lowest BCUT2D eigenvalue weighted by Gasteiger charge is -2.34. The number of carbonyl (C=O) groups excluding carboxylic acids is 1. The second kappa shape index (κ2) is 10.4. The number of ether oxygens (including phenoxy) is 1. The van der Waals surface area contributed by atoms with Crippen molar-refractivity contribution in [3.05, 3.63) is 24.3 Å². The number of nitrogens with zero attached hydrogens (tertiary/aromatic N) is 2. The molecule has 0 aromatic heterocycles. The predicted molar refractivity (Wildman–Crippen MR) is 112 cm³/mol. The van der Waals surface area contributed by atoms with Crippen LogP contribution in [0.3, 0.4) is 0 Å². The summed E-state index contributed by atoms with van der Waals surface area (Å²) in [4.78, 5) is 17.2. The molecule has 1 atom stereocenters. The van der Waals surface area contributed by atoms with Crippen LogP contribution in [0, 0.1) is 5.92 Å². The standard InChI is InChI=1S/C21H33N3O4S/c1-28-19-8-10-20(11-9-19)29(26,27)22-15-18-7-6-14-24(16-18)21(25)17-23-12-4-2-3-5-13-23/h8-11,18,22H,2-7,12-17H2,1H3. The van der Waals surface area contributed by atoms with Crippen LogP contribution in [0.25, 0.3) is 0 Å². The summed E-state index contributed by atoms with van der Waals surface area (Å²) in [6, 6.07) is 6.36. The van der Waals surface area contributed by atoms with Crippen LogP contribution in [0.2, 0.25) is 0 Å². The van der Waals surface area contributed by atoms with Crippen LogP contribution in [0.1, 0.15) is 38.5 Å². The number of carbonyl (C=O) groups is 1. The lowest BCUT2D eigenvalue weighted by Crippen LogP contribution is -2.47. The molecule has 1 N–H and O–H groups in total. The van der Waals surface area contributed by atoms with Gasteiger partial charge in [0.25, 0.3) is 0 Å². The minimum Gasteiger partial charge on any atom is -0.497 e. The van der Waals surface area contributed by atoms with Crippen LogP contribution in [-0.4, -0.2) is 70.5 Å². The molecule has 1 unspecified atom stereocenters. The molecule has 162 valence electrons. The van der Waals surface area contributed by atoms with Gasteiger partial charge in [-0.15, -0.1) is 0 Å². The molecule has 29 heavy (non-hydrogen) atoms. The van der Waals surface area contributed by atoms with Gasteiger partial charge in [-0.1, -0.05) is 12.8 Å². The number of methoxy groups -OCH3 is 1. The van der Waals surface area contributed by atoms with E-state index in [4.69, 9.17) is 4.74 Å². The Morgan fingerprint density at radius 2 is 1.76 bits per heavy atom. The maximum atomic E-state index is 12.7. The first-order chi connectivity index (χ1) is 14.0. The third kappa shape index (κ3) is 6.42. The minimum atomic E-state index is -3.57. The molecule has 0 bridgehead atoms. The van der Waals surface area contributed by atoms with Crippen LogP contribution < -0.4 is 9.46 Å². The molecule has 0 aliphatic carbocycles. The number of likely N-dealkylation sites (tertiary alicyclic amines) is 2. The Kier molecular flexibility index (Phi) is 7.91. The molecule has 2 fully saturated rings. The summed E-state index contributed by atoms with van der Waals surface area (Å²) in [6.07, 6.45) is 6.70. The lowest BCUT2D eigenvalue weighted by atomic mass is 9.98. The molecule has 1 amide bonds. The summed E-state index contributed by atoms with van der Waals surface area (Å²) >= 11 is 0. The molecular formula is C21H33N3O4S. The quantitative estimate of drug-likeness (QED) is 0.727. The van der Waals surface area contributed by atoms with Crippen LogP contribution in [0.5, 0.6) is 5.75 Å². The Morgan fingerprint density at radius 3 is 2.41 bits per heavy atom. The van der Waals surface area contributed by atoms with Gasteiger partial charge in [-0.05, 0) is 69.0 Å². The highest BCUT2D eigenvalue weighted by Gasteiger charge is 2.26. The fourth-order valence-electron chi connectivity index (χ4n) is 4.11. The van der Waals surface area contributed by atoms with E-state index in [1.54, 1.807) is 31.4 Å². The van der Waals surface area contributed by atoms with Crippen molar-refractivity contribution in [2.24, 2.45) is 5.92 Å². The molecule has 7 nitrogen and oxygen atoms in total. The number of rotatable bonds is 7. The molecule has 1 aromatic carbocycles. The number of benzene rings is 1. The van der Waals surface area contributed by atoms with Crippen molar-refractivity contribution in [2.75, 3.05) is 46.4 Å². The average Bonchev–Trinajstić information content (AvgIpc) is 3.01. The molecule has 0 radical (unpaired) electrons. The second-order valence-electron chi connectivity index (χ2n) is 8.07. The summed E-state index contributed by atoms with van der Waals surface area (Å²) in [5.41, 5.74) is 0. The summed E-state index contributed by atoms with van der Waals surface area (Å²) in [5, 5.41) is 0. The van der Waals surface area contributed by atoms with E-state index in [1.807, 2.05) is 4.90 Å². The first-order valence-electron chi connectivity index (χ1n) is 10.6. The smallest absolute Gasteiger partial charge is 0.240 e. The monoisotopic (exact) mass is 423 g/mol. The molecule has 0 spiro atoms. The van der Waals surface area contributed by atoms with Gasteiger partial charge in [0.15, 0.2) is 0 Å². The molecule has 3 rings (SSSR count). The molecule has 0 saturated carbocycles. The van der Waals surface area contributed by atoms with Crippen LogP contribution in [0.15, 0.2) is 29.2 Å². The lowest BCUT2D eigenvalue weighted by molar-refractivity contribution is -0.134. The van der Waals surface area contributed by atoms with E-state index in [9.17, 15) is 13.2 Å². The Balaban J connectivity index is 1.50. The van der Waals surface area contributed by atoms with E-state index >= 15 is 0 Å². The summed E-state index contributed by atoms with van der Waals surface area (Å²) < 4.78 is 32.9. The number of nitrogens with one attached hydrogen (secondary N) is 1. The van der Waals surface area contributed by atoms with Crippen molar-refractivity contribution in [1.29, 1.82) is 0 Å². The van der Waals surface area contributed by atoms with Crippen molar-refractivity contribution in [2.45, 2.75) is 43.4 Å². The van der Waals surface area contributed by atoms with E-state index < -0.39 is 10.0 Å². The Morgan fingerprint density at radius 1 is 1.07 bits per heavy atom. The third-order valence-corrected chi connectivity index (χ3v) is 7.30. The molecule has 2 heterocycles. The molecule has 2 aliphatic heterocycles. The number of hydrogen-bond donors (Lipinski definition) is 1. The van der Waals surface area contributed by atoms with Crippen molar-refractivity contribution < 1.29 is 17.9 Å². The van der Waals surface area contributed by atoms with Crippen molar-refractivity contribution in [3.63, 3.8) is 0 Å². The zero-order valence-electron chi connectivity index (χ0n) is 17.3. The van der Waals surface area contributed by atoms with E-state index in [-0.39, 0.29) is 16.7 Å². The highest BCUT2D eigenvalue weighted by molar-refractivity contribution is 7.89. The topological polar surface area (TPSA) is 79.0 Å². The van der Waals surface area contributed by atoms with Gasteiger partial charge >= 0.3 is 0 Å². The summed E-state index contributed by atoms with van der Waals surface area (Å²) in [5.74, 6) is 0.939. The van der Waals surface area contributed by atoms with E-state index in [1.165, 1.54) is 25.7 Å². The zero-order chi connectivity index (χ0) is 20.7.